The van der Waals surface area contributed by atoms with Gasteiger partial charge in [-0.05, 0) is 12.1 Å². The van der Waals surface area contributed by atoms with Crippen molar-refractivity contribution in [2.24, 2.45) is 0 Å². The molecule has 0 unspecified atom stereocenters. The van der Waals surface area contributed by atoms with Gasteiger partial charge in [0.25, 0.3) is 19.7 Å². The van der Waals surface area contributed by atoms with Gasteiger partial charge in [-0.15, -0.1) is 0 Å². The molecule has 0 aliphatic heterocycles. The quantitative estimate of drug-likeness (QED) is 0.688. The summed E-state index contributed by atoms with van der Waals surface area (Å²) in [7, 11) is -13.4. The van der Waals surface area contributed by atoms with Crippen molar-refractivity contribution >= 4 is 31.4 Å². The van der Waals surface area contributed by atoms with Gasteiger partial charge in [0.1, 0.15) is 0 Å². The first kappa shape index (κ1) is 20.1. The van der Waals surface area contributed by atoms with Crippen molar-refractivity contribution in [2.45, 2.75) is 26.4 Å². The summed E-state index contributed by atoms with van der Waals surface area (Å²) in [6.07, 6.45) is -0.712. The molecule has 0 atom stereocenters. The van der Waals surface area contributed by atoms with Crippen molar-refractivity contribution in [1.29, 1.82) is 0 Å². The first-order valence-corrected chi connectivity index (χ1v) is 10.0. The number of rotatable bonds is 4. The van der Waals surface area contributed by atoms with Gasteiger partial charge in [0, 0.05) is 16.2 Å². The highest BCUT2D eigenvalue weighted by atomic mass is 32.3. The van der Waals surface area contributed by atoms with Gasteiger partial charge in [-0.25, -0.2) is 16.8 Å². The Hall–Kier alpha value is -1.21. The minimum absolute atomic E-state index is 0.0903. The van der Waals surface area contributed by atoms with Crippen LogP contribution in [-0.2, 0) is 19.7 Å². The van der Waals surface area contributed by atoms with E-state index in [9.17, 15) is 43.2 Å². The number of hydrogen-bond acceptors (Lipinski definition) is 5. The number of alkyl halides is 6. The second kappa shape index (κ2) is 5.91. The van der Waals surface area contributed by atoms with E-state index in [-0.39, 0.29) is 16.7 Å². The second-order valence-corrected chi connectivity index (χ2v) is 10.5. The Kier molecular flexibility index (Phi) is 4.75. The van der Waals surface area contributed by atoms with Crippen LogP contribution in [0.2, 0.25) is 0 Å². The van der Waals surface area contributed by atoms with Crippen LogP contribution >= 0.6 is 11.8 Å². The number of allylic oxidation sites excluding steroid dienone is 1. The number of sulfone groups is 2. The average Bonchev–Trinajstić information content (AvgIpc) is 2.42. The van der Waals surface area contributed by atoms with Gasteiger partial charge in [-0.2, -0.15) is 26.3 Å². The van der Waals surface area contributed by atoms with E-state index < -0.39 is 46.1 Å². The molecule has 0 radical (unpaired) electrons. The summed E-state index contributed by atoms with van der Waals surface area (Å²) in [6.45, 7) is 0. The molecular weight excluding hydrogens is 418 g/mol. The molecule has 0 saturated carbocycles. The van der Waals surface area contributed by atoms with Crippen LogP contribution in [0, 0.1) is 0 Å². The summed E-state index contributed by atoms with van der Waals surface area (Å²) in [6, 6.07) is 6.88. The summed E-state index contributed by atoms with van der Waals surface area (Å²) in [5.74, 6) is 0. The minimum Gasteiger partial charge on any atom is -0.217 e. The lowest BCUT2D eigenvalue weighted by atomic mass is 10.1. The van der Waals surface area contributed by atoms with E-state index in [4.69, 9.17) is 0 Å². The standard InChI is InChI=1S/C12H8F6O4S3/c13-11(14,15)24(19,20)10(25(21,22)12(16,17)18)7-6-9(10)23-8-4-2-1-3-5-8/h1-6H,7H2. The SMILES string of the molecule is O=S(=O)(C(F)(F)F)C1(S(=O)(=O)C(F)(F)F)CC=C1Sc1ccccc1. The molecule has 13 heteroatoms. The molecule has 1 aliphatic rings. The summed E-state index contributed by atoms with van der Waals surface area (Å²) < 4.78 is 121. The Morgan fingerprint density at radius 1 is 0.840 bits per heavy atom. The number of benzene rings is 1. The molecule has 0 saturated heterocycles. The highest BCUT2D eigenvalue weighted by Gasteiger charge is 2.76. The molecule has 140 valence electrons. The molecule has 1 aliphatic carbocycles. The molecule has 0 aromatic heterocycles. The molecular formula is C12H8F6O4S3. The molecule has 1 aromatic carbocycles. The number of hydrogen-bond donors (Lipinski definition) is 0. The average molecular weight is 426 g/mol. The fourth-order valence-corrected chi connectivity index (χ4v) is 7.72. The van der Waals surface area contributed by atoms with Crippen molar-refractivity contribution in [3.63, 3.8) is 0 Å². The molecule has 0 amide bonds. The lowest BCUT2D eigenvalue weighted by Gasteiger charge is -2.40. The van der Waals surface area contributed by atoms with Crippen LogP contribution < -0.4 is 0 Å². The predicted octanol–water partition coefficient (Wildman–Crippen LogP) is 3.63. The van der Waals surface area contributed by atoms with Gasteiger partial charge < -0.3 is 0 Å². The van der Waals surface area contributed by atoms with Gasteiger partial charge in [0.2, 0.25) is 4.08 Å². The highest BCUT2D eigenvalue weighted by Crippen LogP contribution is 2.58. The number of thioether (sulfide) groups is 1. The highest BCUT2D eigenvalue weighted by molar-refractivity contribution is 8.14. The van der Waals surface area contributed by atoms with Gasteiger partial charge in [-0.1, -0.05) is 36.0 Å². The van der Waals surface area contributed by atoms with E-state index in [1.807, 2.05) is 0 Å². The van der Waals surface area contributed by atoms with Gasteiger partial charge in [0.05, 0.1) is 0 Å². The largest absolute Gasteiger partial charge is 0.499 e. The van der Waals surface area contributed by atoms with Crippen LogP contribution in [0.25, 0.3) is 0 Å². The summed E-state index contributed by atoms with van der Waals surface area (Å²) in [5, 5.41) is 0. The van der Waals surface area contributed by atoms with Crippen molar-refractivity contribution in [2.75, 3.05) is 0 Å². The van der Waals surface area contributed by atoms with E-state index in [1.165, 1.54) is 30.3 Å². The molecule has 0 bridgehead atoms. The molecule has 4 nitrogen and oxygen atoms in total. The topological polar surface area (TPSA) is 68.3 Å². The zero-order valence-corrected chi connectivity index (χ0v) is 14.2. The maximum atomic E-state index is 12.9. The summed E-state index contributed by atoms with van der Waals surface area (Å²) >= 11 is 0.226. The fourth-order valence-electron chi connectivity index (χ4n) is 2.09. The third-order valence-corrected chi connectivity index (χ3v) is 9.93. The van der Waals surface area contributed by atoms with Crippen molar-refractivity contribution in [3.05, 3.63) is 41.3 Å². The van der Waals surface area contributed by atoms with Crippen molar-refractivity contribution in [1.82, 2.24) is 0 Å². The van der Waals surface area contributed by atoms with Crippen LogP contribution in [0.15, 0.2) is 46.2 Å². The third-order valence-electron chi connectivity index (χ3n) is 3.38. The minimum atomic E-state index is -6.71. The van der Waals surface area contributed by atoms with Crippen LogP contribution in [0.5, 0.6) is 0 Å². The zero-order chi connectivity index (χ0) is 19.3. The maximum Gasteiger partial charge on any atom is 0.499 e. The first-order valence-electron chi connectivity index (χ1n) is 6.24. The Bertz CT molecular complexity index is 854. The second-order valence-electron chi connectivity index (χ2n) is 4.84. The lowest BCUT2D eigenvalue weighted by Crippen LogP contribution is -2.59. The van der Waals surface area contributed by atoms with Crippen LogP contribution in [0.3, 0.4) is 0 Å². The maximum absolute atomic E-state index is 12.9. The Morgan fingerprint density at radius 2 is 1.28 bits per heavy atom. The van der Waals surface area contributed by atoms with E-state index >= 15 is 0 Å². The van der Waals surface area contributed by atoms with Crippen LogP contribution in [0.1, 0.15) is 6.42 Å². The summed E-state index contributed by atoms with van der Waals surface area (Å²) in [4.78, 5) is -0.957. The lowest BCUT2D eigenvalue weighted by molar-refractivity contribution is -0.0487. The molecule has 0 fully saturated rings. The summed E-state index contributed by atoms with van der Waals surface area (Å²) in [5.41, 5.74) is -12.4. The van der Waals surface area contributed by atoms with E-state index in [2.05, 4.69) is 0 Å². The number of halogens is 6. The van der Waals surface area contributed by atoms with E-state index in [0.717, 1.165) is 6.08 Å². The first-order chi connectivity index (χ1) is 11.2. The van der Waals surface area contributed by atoms with Gasteiger partial charge in [-0.3, -0.25) is 0 Å². The van der Waals surface area contributed by atoms with Gasteiger partial charge >= 0.3 is 11.0 Å². The normalized spacial score (nSPS) is 18.4. The molecule has 0 spiro atoms. The smallest absolute Gasteiger partial charge is 0.217 e. The van der Waals surface area contributed by atoms with Crippen LogP contribution in [0.4, 0.5) is 26.3 Å². The molecule has 25 heavy (non-hydrogen) atoms. The Labute approximate surface area is 142 Å². The molecule has 0 heterocycles. The third kappa shape index (κ3) is 2.85. The predicted molar refractivity (Wildman–Crippen MR) is 77.7 cm³/mol. The molecule has 0 N–H and O–H groups in total. The zero-order valence-electron chi connectivity index (χ0n) is 11.8. The monoisotopic (exact) mass is 426 g/mol. The Balaban J connectivity index is 2.68. The van der Waals surface area contributed by atoms with Crippen molar-refractivity contribution < 1.29 is 43.2 Å². The fraction of sp³-hybridized carbons (Fsp3) is 0.333. The molecule has 2 rings (SSSR count). The van der Waals surface area contributed by atoms with E-state index in [0.29, 0.717) is 0 Å². The van der Waals surface area contributed by atoms with Crippen LogP contribution in [-0.4, -0.2) is 31.9 Å². The Morgan fingerprint density at radius 3 is 1.60 bits per heavy atom. The molecule has 1 aromatic rings. The van der Waals surface area contributed by atoms with E-state index in [1.54, 1.807) is 0 Å². The van der Waals surface area contributed by atoms with Gasteiger partial charge in [0.15, 0.2) is 0 Å². The van der Waals surface area contributed by atoms with Crippen molar-refractivity contribution in [3.8, 4) is 0 Å².